The molecule has 1 saturated heterocycles. The first-order valence-corrected chi connectivity index (χ1v) is 6.58. The van der Waals surface area contributed by atoms with Crippen molar-refractivity contribution in [3.8, 4) is 0 Å². The van der Waals surface area contributed by atoms with E-state index in [1.807, 2.05) is 6.07 Å². The Morgan fingerprint density at radius 2 is 2.37 bits per heavy atom. The van der Waals surface area contributed by atoms with Crippen molar-refractivity contribution in [1.29, 1.82) is 0 Å². The van der Waals surface area contributed by atoms with Gasteiger partial charge in [0, 0.05) is 19.7 Å². The highest BCUT2D eigenvalue weighted by atomic mass is 16.3. The lowest BCUT2D eigenvalue weighted by Gasteiger charge is -2.33. The van der Waals surface area contributed by atoms with E-state index in [9.17, 15) is 4.79 Å². The van der Waals surface area contributed by atoms with Crippen LogP contribution in [0.3, 0.4) is 0 Å². The first kappa shape index (κ1) is 12.2. The number of anilines is 1. The number of hydrogen-bond donors (Lipinski definition) is 2. The van der Waals surface area contributed by atoms with E-state index in [0.29, 0.717) is 11.6 Å². The number of fused-ring (bicyclic) bond motifs is 1. The Labute approximate surface area is 109 Å². The lowest BCUT2D eigenvalue weighted by Crippen LogP contribution is -2.36. The number of rotatable bonds is 3. The summed E-state index contributed by atoms with van der Waals surface area (Å²) in [5, 5.41) is 19.6. The van der Waals surface area contributed by atoms with Gasteiger partial charge in [0.1, 0.15) is 5.82 Å². The Morgan fingerprint density at radius 3 is 3.21 bits per heavy atom. The minimum atomic E-state index is -0.319. The minimum absolute atomic E-state index is 0.228. The first-order valence-electron chi connectivity index (χ1n) is 6.58. The number of nitrogens with one attached hydrogen (secondary N) is 1. The van der Waals surface area contributed by atoms with Gasteiger partial charge in [-0.15, -0.1) is 5.10 Å². The highest BCUT2D eigenvalue weighted by Gasteiger charge is 2.21. The van der Waals surface area contributed by atoms with Crippen molar-refractivity contribution in [2.45, 2.75) is 19.3 Å². The van der Waals surface area contributed by atoms with Gasteiger partial charge >= 0.3 is 5.69 Å². The van der Waals surface area contributed by atoms with Crippen LogP contribution in [0.4, 0.5) is 5.82 Å². The molecule has 0 aromatic carbocycles. The number of aliphatic hydroxyl groups excluding tert-OH is 1. The molecule has 1 fully saturated rings. The van der Waals surface area contributed by atoms with Crippen LogP contribution in [0.25, 0.3) is 5.65 Å². The summed E-state index contributed by atoms with van der Waals surface area (Å²) in [6, 6.07) is 3.67. The van der Waals surface area contributed by atoms with Gasteiger partial charge in [0.25, 0.3) is 0 Å². The number of H-pyrrole nitrogens is 1. The van der Waals surface area contributed by atoms with Crippen LogP contribution >= 0.6 is 0 Å². The van der Waals surface area contributed by atoms with Crippen LogP contribution in [0.5, 0.6) is 0 Å². The molecule has 1 aliphatic heterocycles. The zero-order valence-electron chi connectivity index (χ0n) is 10.6. The van der Waals surface area contributed by atoms with Gasteiger partial charge in [0.2, 0.25) is 0 Å². The number of aliphatic hydroxyl groups is 1. The molecule has 1 unspecified atom stereocenters. The topological polar surface area (TPSA) is 86.5 Å². The van der Waals surface area contributed by atoms with E-state index in [-0.39, 0.29) is 12.3 Å². The van der Waals surface area contributed by atoms with Crippen LogP contribution in [0.2, 0.25) is 0 Å². The van der Waals surface area contributed by atoms with Gasteiger partial charge in [-0.25, -0.2) is 9.89 Å². The average molecular weight is 263 g/mol. The molecule has 19 heavy (non-hydrogen) atoms. The molecule has 7 nitrogen and oxygen atoms in total. The Hall–Kier alpha value is -1.89. The fourth-order valence-electron chi connectivity index (χ4n) is 2.65. The van der Waals surface area contributed by atoms with Crippen molar-refractivity contribution in [2.24, 2.45) is 5.92 Å². The predicted octanol–water partition coefficient (Wildman–Crippen LogP) is 0.0164. The van der Waals surface area contributed by atoms with E-state index in [2.05, 4.69) is 20.2 Å². The Bertz CT molecular complexity index is 618. The van der Waals surface area contributed by atoms with E-state index >= 15 is 0 Å². The Balaban J connectivity index is 1.86. The van der Waals surface area contributed by atoms with Gasteiger partial charge in [-0.1, -0.05) is 0 Å². The van der Waals surface area contributed by atoms with Gasteiger partial charge in [-0.3, -0.25) is 0 Å². The van der Waals surface area contributed by atoms with Gasteiger partial charge < -0.3 is 10.0 Å². The largest absolute Gasteiger partial charge is 0.396 e. The molecular weight excluding hydrogens is 246 g/mol. The summed E-state index contributed by atoms with van der Waals surface area (Å²) in [5.41, 5.74) is 0.207. The molecule has 102 valence electrons. The quantitative estimate of drug-likeness (QED) is 0.815. The lowest BCUT2D eigenvalue weighted by molar-refractivity contribution is 0.244. The van der Waals surface area contributed by atoms with Crippen molar-refractivity contribution in [3.05, 3.63) is 22.6 Å². The molecule has 1 atom stereocenters. The van der Waals surface area contributed by atoms with Gasteiger partial charge in [-0.2, -0.15) is 9.61 Å². The molecule has 7 heteroatoms. The molecule has 2 N–H and O–H groups in total. The zero-order chi connectivity index (χ0) is 13.2. The Kier molecular flexibility index (Phi) is 3.20. The fourth-order valence-corrected chi connectivity index (χ4v) is 2.65. The summed E-state index contributed by atoms with van der Waals surface area (Å²) in [7, 11) is 0. The van der Waals surface area contributed by atoms with Crippen LogP contribution in [-0.4, -0.2) is 44.6 Å². The molecule has 2 aromatic heterocycles. The van der Waals surface area contributed by atoms with E-state index in [0.717, 1.165) is 38.2 Å². The van der Waals surface area contributed by atoms with E-state index < -0.39 is 0 Å². The van der Waals surface area contributed by atoms with Crippen LogP contribution in [-0.2, 0) is 0 Å². The van der Waals surface area contributed by atoms with Crippen molar-refractivity contribution in [1.82, 2.24) is 19.8 Å². The second kappa shape index (κ2) is 5.00. The number of hydrogen-bond acceptors (Lipinski definition) is 5. The third kappa shape index (κ3) is 2.33. The van der Waals surface area contributed by atoms with Crippen LogP contribution in [0, 0.1) is 5.92 Å². The summed E-state index contributed by atoms with van der Waals surface area (Å²) >= 11 is 0. The summed E-state index contributed by atoms with van der Waals surface area (Å²) in [6.07, 6.45) is 3.06. The molecule has 2 aromatic rings. The molecular formula is C12H17N5O2. The normalized spacial score (nSPS) is 20.1. The molecule has 0 aliphatic carbocycles. The zero-order valence-corrected chi connectivity index (χ0v) is 10.6. The molecule has 3 heterocycles. The highest BCUT2D eigenvalue weighted by Crippen LogP contribution is 2.23. The third-order valence-electron chi connectivity index (χ3n) is 3.64. The number of aromatic amines is 1. The van der Waals surface area contributed by atoms with Crippen LogP contribution < -0.4 is 10.6 Å². The molecule has 0 amide bonds. The summed E-state index contributed by atoms with van der Waals surface area (Å²) in [6.45, 7) is 2.05. The lowest BCUT2D eigenvalue weighted by atomic mass is 9.95. The van der Waals surface area contributed by atoms with E-state index in [1.54, 1.807) is 6.07 Å². The number of piperidine rings is 1. The predicted molar refractivity (Wildman–Crippen MR) is 70.2 cm³/mol. The van der Waals surface area contributed by atoms with Crippen molar-refractivity contribution < 1.29 is 5.11 Å². The number of nitrogens with zero attached hydrogens (tertiary/aromatic N) is 4. The maximum Gasteiger partial charge on any atom is 0.364 e. The molecule has 0 bridgehead atoms. The maximum absolute atomic E-state index is 11.5. The molecule has 0 spiro atoms. The fraction of sp³-hybridized carbons (Fsp3) is 0.583. The van der Waals surface area contributed by atoms with Crippen LogP contribution in [0.15, 0.2) is 16.9 Å². The summed E-state index contributed by atoms with van der Waals surface area (Å²) in [4.78, 5) is 13.7. The van der Waals surface area contributed by atoms with Gasteiger partial charge in [0.15, 0.2) is 5.65 Å². The second-order valence-electron chi connectivity index (χ2n) is 4.96. The smallest absolute Gasteiger partial charge is 0.364 e. The molecule has 3 rings (SSSR count). The average Bonchev–Trinajstić information content (AvgIpc) is 2.81. The standard InChI is InChI=1S/C12H17N5O2/c18-7-5-9-2-1-6-16(8-9)11-4-3-10-13-14-12(19)17(10)15-11/h3-4,9,18H,1-2,5-8H2,(H,14,19). The second-order valence-corrected chi connectivity index (χ2v) is 4.96. The summed E-state index contributed by atoms with van der Waals surface area (Å²) in [5.74, 6) is 1.29. The third-order valence-corrected chi connectivity index (χ3v) is 3.64. The monoisotopic (exact) mass is 263 g/mol. The van der Waals surface area contributed by atoms with Crippen molar-refractivity contribution >= 4 is 11.5 Å². The van der Waals surface area contributed by atoms with Gasteiger partial charge in [0.05, 0.1) is 0 Å². The van der Waals surface area contributed by atoms with Crippen LogP contribution in [0.1, 0.15) is 19.3 Å². The molecule has 0 radical (unpaired) electrons. The maximum atomic E-state index is 11.5. The van der Waals surface area contributed by atoms with E-state index in [1.165, 1.54) is 4.52 Å². The highest BCUT2D eigenvalue weighted by molar-refractivity contribution is 5.45. The minimum Gasteiger partial charge on any atom is -0.396 e. The first-order chi connectivity index (χ1) is 9.28. The van der Waals surface area contributed by atoms with Gasteiger partial charge in [-0.05, 0) is 37.3 Å². The Morgan fingerprint density at radius 1 is 1.47 bits per heavy atom. The number of aromatic nitrogens is 4. The summed E-state index contributed by atoms with van der Waals surface area (Å²) < 4.78 is 1.28. The van der Waals surface area contributed by atoms with E-state index in [4.69, 9.17) is 5.11 Å². The SMILES string of the molecule is O=c1[nH]nc2ccc(N3CCCC(CCO)C3)nn12. The van der Waals surface area contributed by atoms with Crippen molar-refractivity contribution in [3.63, 3.8) is 0 Å². The van der Waals surface area contributed by atoms with Crippen molar-refractivity contribution in [2.75, 3.05) is 24.6 Å². The molecule has 1 aliphatic rings. The molecule has 0 saturated carbocycles.